The lowest BCUT2D eigenvalue weighted by Crippen LogP contribution is -2.15. The third-order valence-corrected chi connectivity index (χ3v) is 4.71. The van der Waals surface area contributed by atoms with Gasteiger partial charge < -0.3 is 14.8 Å². The molecule has 1 amide bonds. The molecule has 0 saturated heterocycles. The molecule has 0 saturated carbocycles. The minimum atomic E-state index is -0.0933. The Hall–Kier alpha value is -1.56. The third-order valence-electron chi connectivity index (χ3n) is 3.18. The number of benzene rings is 2. The first-order chi connectivity index (χ1) is 12.1. The number of halogens is 2. The Bertz CT molecular complexity index is 695. The summed E-state index contributed by atoms with van der Waals surface area (Å²) >= 11 is 13.3. The highest BCUT2D eigenvalue weighted by molar-refractivity contribution is 7.99. The molecule has 0 aliphatic carbocycles. The fraction of sp³-hybridized carbons (Fsp3) is 0.278. The van der Waals surface area contributed by atoms with Gasteiger partial charge in [-0.2, -0.15) is 11.8 Å². The Morgan fingerprint density at radius 3 is 2.56 bits per heavy atom. The highest BCUT2D eigenvalue weighted by Gasteiger charge is 2.08. The van der Waals surface area contributed by atoms with E-state index in [2.05, 4.69) is 5.32 Å². The molecule has 0 aromatic heterocycles. The van der Waals surface area contributed by atoms with Crippen LogP contribution in [0.25, 0.3) is 0 Å². The first-order valence-electron chi connectivity index (χ1n) is 7.68. The molecule has 0 fully saturated rings. The molecular weight excluding hydrogens is 381 g/mol. The number of rotatable bonds is 9. The number of amides is 1. The van der Waals surface area contributed by atoms with Crippen molar-refractivity contribution in [1.29, 1.82) is 0 Å². The van der Waals surface area contributed by atoms with Crippen LogP contribution in [-0.2, 0) is 4.79 Å². The van der Waals surface area contributed by atoms with Crippen molar-refractivity contribution in [3.63, 3.8) is 0 Å². The number of ether oxygens (including phenoxy) is 2. The molecule has 1 N–H and O–H groups in total. The van der Waals surface area contributed by atoms with Crippen LogP contribution in [0, 0.1) is 0 Å². The van der Waals surface area contributed by atoms with Crippen molar-refractivity contribution in [1.82, 2.24) is 0 Å². The quantitative estimate of drug-likeness (QED) is 0.592. The van der Waals surface area contributed by atoms with E-state index in [9.17, 15) is 4.79 Å². The van der Waals surface area contributed by atoms with Gasteiger partial charge in [0, 0.05) is 10.0 Å². The second-order valence-corrected chi connectivity index (χ2v) is 7.08. The van der Waals surface area contributed by atoms with Crippen LogP contribution in [0.1, 0.15) is 6.42 Å². The van der Waals surface area contributed by atoms with Gasteiger partial charge in [-0.25, -0.2) is 0 Å². The van der Waals surface area contributed by atoms with Crippen LogP contribution in [0.15, 0.2) is 42.5 Å². The van der Waals surface area contributed by atoms with Gasteiger partial charge in [-0.3, -0.25) is 4.79 Å². The van der Waals surface area contributed by atoms with Crippen molar-refractivity contribution >= 4 is 46.6 Å². The zero-order valence-electron chi connectivity index (χ0n) is 13.8. The van der Waals surface area contributed by atoms with Crippen molar-refractivity contribution < 1.29 is 14.3 Å². The highest BCUT2D eigenvalue weighted by Crippen LogP contribution is 2.27. The Balaban J connectivity index is 1.64. The summed E-state index contributed by atoms with van der Waals surface area (Å²) in [6.07, 6.45) is 0.848. The van der Waals surface area contributed by atoms with Gasteiger partial charge in [0.25, 0.3) is 0 Å². The maximum atomic E-state index is 12.0. The molecule has 0 bridgehead atoms. The van der Waals surface area contributed by atoms with E-state index in [1.54, 1.807) is 49.2 Å². The number of methoxy groups -OCH3 is 1. The topological polar surface area (TPSA) is 47.6 Å². The Morgan fingerprint density at radius 2 is 1.84 bits per heavy atom. The van der Waals surface area contributed by atoms with Gasteiger partial charge in [0.1, 0.15) is 11.5 Å². The van der Waals surface area contributed by atoms with Crippen LogP contribution in [0.2, 0.25) is 10.0 Å². The SMILES string of the molecule is COc1ccc(Cl)cc1NC(=O)CSCCCOc1ccc(Cl)cc1. The smallest absolute Gasteiger partial charge is 0.234 e. The lowest BCUT2D eigenvalue weighted by molar-refractivity contribution is -0.113. The molecule has 134 valence electrons. The van der Waals surface area contributed by atoms with E-state index in [-0.39, 0.29) is 5.91 Å². The summed E-state index contributed by atoms with van der Waals surface area (Å²) in [5.41, 5.74) is 0.576. The molecule has 0 aliphatic rings. The van der Waals surface area contributed by atoms with E-state index >= 15 is 0 Å². The number of thioether (sulfide) groups is 1. The van der Waals surface area contributed by atoms with Crippen molar-refractivity contribution in [2.75, 3.05) is 30.5 Å². The Kier molecular flexibility index (Phi) is 8.25. The summed E-state index contributed by atoms with van der Waals surface area (Å²) in [6, 6.07) is 12.4. The van der Waals surface area contributed by atoms with Crippen molar-refractivity contribution in [2.24, 2.45) is 0 Å². The molecule has 0 radical (unpaired) electrons. The van der Waals surface area contributed by atoms with Crippen LogP contribution in [0.4, 0.5) is 5.69 Å². The average molecular weight is 400 g/mol. The Labute approximate surface area is 161 Å². The molecule has 2 aromatic rings. The minimum Gasteiger partial charge on any atom is -0.495 e. The number of nitrogens with one attached hydrogen (secondary N) is 1. The van der Waals surface area contributed by atoms with Gasteiger partial charge in [-0.1, -0.05) is 23.2 Å². The van der Waals surface area contributed by atoms with Crippen molar-refractivity contribution in [3.8, 4) is 11.5 Å². The fourth-order valence-corrected chi connectivity index (χ4v) is 3.03. The van der Waals surface area contributed by atoms with Crippen LogP contribution in [0.5, 0.6) is 11.5 Å². The highest BCUT2D eigenvalue weighted by atomic mass is 35.5. The molecule has 2 rings (SSSR count). The molecule has 0 spiro atoms. The predicted octanol–water partition coefficient (Wildman–Crippen LogP) is 5.14. The van der Waals surface area contributed by atoms with Gasteiger partial charge in [0.15, 0.2) is 0 Å². The molecule has 7 heteroatoms. The zero-order chi connectivity index (χ0) is 18.1. The monoisotopic (exact) mass is 399 g/mol. The summed E-state index contributed by atoms with van der Waals surface area (Å²) in [5.74, 6) is 2.47. The first-order valence-corrected chi connectivity index (χ1v) is 9.59. The summed E-state index contributed by atoms with van der Waals surface area (Å²) in [7, 11) is 1.55. The molecule has 0 unspecified atom stereocenters. The zero-order valence-corrected chi connectivity index (χ0v) is 16.1. The number of hydrogen-bond acceptors (Lipinski definition) is 4. The molecule has 0 heterocycles. The van der Waals surface area contributed by atoms with Gasteiger partial charge in [0.05, 0.1) is 25.2 Å². The number of hydrogen-bond donors (Lipinski definition) is 1. The lowest BCUT2D eigenvalue weighted by Gasteiger charge is -2.10. The molecular formula is C18H19Cl2NO3S. The summed E-state index contributed by atoms with van der Waals surface area (Å²) in [6.45, 7) is 0.596. The summed E-state index contributed by atoms with van der Waals surface area (Å²) in [5, 5.41) is 4.04. The van der Waals surface area contributed by atoms with Crippen LogP contribution in [0.3, 0.4) is 0 Å². The summed E-state index contributed by atoms with van der Waals surface area (Å²) in [4.78, 5) is 12.0. The third kappa shape index (κ3) is 7.06. The van der Waals surface area contributed by atoms with Gasteiger partial charge >= 0.3 is 0 Å². The van der Waals surface area contributed by atoms with Gasteiger partial charge in [-0.05, 0) is 54.6 Å². The van der Waals surface area contributed by atoms with E-state index in [0.29, 0.717) is 33.8 Å². The van der Waals surface area contributed by atoms with E-state index in [4.69, 9.17) is 32.7 Å². The van der Waals surface area contributed by atoms with Crippen molar-refractivity contribution in [2.45, 2.75) is 6.42 Å². The van der Waals surface area contributed by atoms with Gasteiger partial charge in [0.2, 0.25) is 5.91 Å². The van der Waals surface area contributed by atoms with Crippen molar-refractivity contribution in [3.05, 3.63) is 52.5 Å². The van der Waals surface area contributed by atoms with Crippen LogP contribution >= 0.6 is 35.0 Å². The Morgan fingerprint density at radius 1 is 1.12 bits per heavy atom. The number of carbonyl (C=O) groups is 1. The van der Waals surface area contributed by atoms with Gasteiger partial charge in [-0.15, -0.1) is 0 Å². The fourth-order valence-electron chi connectivity index (χ4n) is 2.01. The molecule has 4 nitrogen and oxygen atoms in total. The molecule has 25 heavy (non-hydrogen) atoms. The summed E-state index contributed by atoms with van der Waals surface area (Å²) < 4.78 is 10.8. The normalized spacial score (nSPS) is 10.4. The number of anilines is 1. The average Bonchev–Trinajstić information content (AvgIpc) is 2.60. The van der Waals surface area contributed by atoms with E-state index in [1.165, 1.54) is 0 Å². The second kappa shape index (κ2) is 10.4. The van der Waals surface area contributed by atoms with Crippen LogP contribution in [-0.4, -0.2) is 31.1 Å². The van der Waals surface area contributed by atoms with Crippen LogP contribution < -0.4 is 14.8 Å². The predicted molar refractivity (Wildman–Crippen MR) is 106 cm³/mol. The standard InChI is InChI=1S/C18H19Cl2NO3S/c1-23-17-8-5-14(20)11-16(17)21-18(22)12-25-10-2-9-24-15-6-3-13(19)4-7-15/h3-8,11H,2,9-10,12H2,1H3,(H,21,22). The maximum Gasteiger partial charge on any atom is 0.234 e. The maximum absolute atomic E-state index is 12.0. The van der Waals surface area contributed by atoms with E-state index < -0.39 is 0 Å². The molecule has 2 aromatic carbocycles. The van der Waals surface area contributed by atoms with E-state index in [0.717, 1.165) is 17.9 Å². The minimum absolute atomic E-state index is 0.0933. The lowest BCUT2D eigenvalue weighted by atomic mass is 10.3. The second-order valence-electron chi connectivity index (χ2n) is 5.10. The largest absolute Gasteiger partial charge is 0.495 e. The molecule has 0 atom stereocenters. The van der Waals surface area contributed by atoms with E-state index in [1.807, 2.05) is 12.1 Å². The first kappa shape index (κ1) is 19.8. The number of carbonyl (C=O) groups excluding carboxylic acids is 1. The molecule has 0 aliphatic heterocycles.